The van der Waals surface area contributed by atoms with Crippen LogP contribution in [-0.4, -0.2) is 4.57 Å². The minimum atomic E-state index is 0.858. The Hall–Kier alpha value is -6.84. The molecule has 10 rings (SSSR count). The summed E-state index contributed by atoms with van der Waals surface area (Å²) in [5, 5.41) is 4.69. The Bertz CT molecular complexity index is 2810. The molecule has 0 saturated heterocycles. The van der Waals surface area contributed by atoms with Crippen LogP contribution in [0.2, 0.25) is 0 Å². The van der Waals surface area contributed by atoms with Gasteiger partial charge in [-0.15, -0.1) is 0 Å². The summed E-state index contributed by atoms with van der Waals surface area (Å²) < 4.78 is 9.09. The van der Waals surface area contributed by atoms with Gasteiger partial charge in [0.25, 0.3) is 0 Å². The molecule has 8 aromatic carbocycles. The van der Waals surface area contributed by atoms with Gasteiger partial charge < -0.3 is 13.9 Å². The van der Waals surface area contributed by atoms with Crippen molar-refractivity contribution in [2.45, 2.75) is 0 Å². The number of anilines is 3. The summed E-state index contributed by atoms with van der Waals surface area (Å²) in [6.07, 6.45) is 0. The molecule has 2 heterocycles. The highest BCUT2D eigenvalue weighted by atomic mass is 16.3. The Kier molecular flexibility index (Phi) is 6.81. The first kappa shape index (κ1) is 29.1. The fourth-order valence-electron chi connectivity index (χ4n) is 7.72. The Morgan fingerprint density at radius 2 is 0.922 bits per heavy atom. The van der Waals surface area contributed by atoms with Crippen molar-refractivity contribution < 1.29 is 4.42 Å². The zero-order valence-electron chi connectivity index (χ0n) is 27.8. The zero-order valence-corrected chi connectivity index (χ0v) is 27.8. The van der Waals surface area contributed by atoms with Crippen LogP contribution >= 0.6 is 0 Å². The molecule has 51 heavy (non-hydrogen) atoms. The normalized spacial score (nSPS) is 11.5. The number of fused-ring (bicyclic) bond motifs is 6. The first-order valence-electron chi connectivity index (χ1n) is 17.4. The van der Waals surface area contributed by atoms with E-state index in [-0.39, 0.29) is 0 Å². The highest BCUT2D eigenvalue weighted by Gasteiger charge is 2.23. The highest BCUT2D eigenvalue weighted by Crippen LogP contribution is 2.47. The molecule has 0 atom stereocenters. The maximum absolute atomic E-state index is 6.68. The van der Waals surface area contributed by atoms with Gasteiger partial charge >= 0.3 is 0 Å². The van der Waals surface area contributed by atoms with E-state index in [0.717, 1.165) is 55.8 Å². The molecule has 0 amide bonds. The van der Waals surface area contributed by atoms with E-state index in [2.05, 4.69) is 191 Å². The van der Waals surface area contributed by atoms with Gasteiger partial charge in [-0.1, -0.05) is 146 Å². The van der Waals surface area contributed by atoms with Crippen molar-refractivity contribution in [3.8, 4) is 27.9 Å². The molecule has 2 aromatic heterocycles. The van der Waals surface area contributed by atoms with Crippen molar-refractivity contribution in [3.05, 3.63) is 194 Å². The van der Waals surface area contributed by atoms with Crippen LogP contribution in [0.15, 0.2) is 199 Å². The van der Waals surface area contributed by atoms with Crippen LogP contribution < -0.4 is 4.90 Å². The second kappa shape index (κ2) is 11.9. The van der Waals surface area contributed by atoms with Gasteiger partial charge in [-0.3, -0.25) is 0 Å². The van der Waals surface area contributed by atoms with Crippen molar-refractivity contribution in [1.29, 1.82) is 0 Å². The number of nitrogens with zero attached hydrogens (tertiary/aromatic N) is 2. The molecule has 0 aliphatic heterocycles. The molecule has 3 nitrogen and oxygen atoms in total. The van der Waals surface area contributed by atoms with Gasteiger partial charge in [-0.25, -0.2) is 0 Å². The largest absolute Gasteiger partial charge is 0.454 e. The number of benzene rings is 8. The first-order chi connectivity index (χ1) is 25.3. The Morgan fingerprint density at radius 1 is 0.373 bits per heavy atom. The first-order valence-corrected chi connectivity index (χ1v) is 17.4. The number of rotatable bonds is 6. The topological polar surface area (TPSA) is 21.3 Å². The molecule has 0 N–H and O–H groups in total. The quantitative estimate of drug-likeness (QED) is 0.178. The Labute approximate surface area is 295 Å². The lowest BCUT2D eigenvalue weighted by Gasteiger charge is -2.28. The molecule has 0 spiro atoms. The molecular weight excluding hydrogens is 621 g/mol. The molecule has 3 heteroatoms. The molecule has 0 fully saturated rings. The van der Waals surface area contributed by atoms with Gasteiger partial charge in [0.05, 0.1) is 28.1 Å². The number of hydrogen-bond acceptors (Lipinski definition) is 2. The third-order valence-electron chi connectivity index (χ3n) is 10.0. The molecule has 0 unspecified atom stereocenters. The van der Waals surface area contributed by atoms with E-state index in [9.17, 15) is 0 Å². The third kappa shape index (κ3) is 4.74. The lowest BCUT2D eigenvalue weighted by atomic mass is 9.99. The summed E-state index contributed by atoms with van der Waals surface area (Å²) in [6, 6.07) is 69.1. The summed E-state index contributed by atoms with van der Waals surface area (Å²) in [7, 11) is 0. The molecule has 10 aromatic rings. The number of furan rings is 1. The van der Waals surface area contributed by atoms with E-state index in [1.165, 1.54) is 32.9 Å². The Balaban J connectivity index is 1.23. The average Bonchev–Trinajstić information content (AvgIpc) is 3.75. The van der Waals surface area contributed by atoms with E-state index in [4.69, 9.17) is 4.42 Å². The van der Waals surface area contributed by atoms with Crippen LogP contribution in [0.5, 0.6) is 0 Å². The zero-order chi connectivity index (χ0) is 33.7. The second-order valence-electron chi connectivity index (χ2n) is 12.9. The highest BCUT2D eigenvalue weighted by molar-refractivity contribution is 6.12. The number of hydrogen-bond donors (Lipinski definition) is 0. The van der Waals surface area contributed by atoms with E-state index >= 15 is 0 Å². The molecule has 0 bridgehead atoms. The molecule has 240 valence electrons. The summed E-state index contributed by atoms with van der Waals surface area (Å²) in [5.74, 6) is 0. The van der Waals surface area contributed by atoms with Crippen molar-refractivity contribution in [2.75, 3.05) is 4.90 Å². The monoisotopic (exact) mass is 652 g/mol. The fraction of sp³-hybridized carbons (Fsp3) is 0. The van der Waals surface area contributed by atoms with E-state index in [0.29, 0.717) is 0 Å². The predicted octanol–water partition coefficient (Wildman–Crippen LogP) is 13.5. The standard InChI is InChI=1S/C48H32N2O/c1-2-15-33(16-3-1)34-29-31-35(32-30-34)49(46-27-14-22-41-40-21-8-13-28-47(40)51-48(41)46)42-23-9-4-17-36(42)37-18-5-10-24-43(37)50-44-25-11-6-19-38(44)39-20-7-12-26-45(39)50/h1-32H. The molecule has 0 radical (unpaired) electrons. The van der Waals surface area contributed by atoms with Crippen molar-refractivity contribution in [1.82, 2.24) is 4.57 Å². The maximum Gasteiger partial charge on any atom is 0.159 e. The summed E-state index contributed by atoms with van der Waals surface area (Å²) in [5.41, 5.74) is 12.9. The van der Waals surface area contributed by atoms with E-state index in [1.807, 2.05) is 12.1 Å². The SMILES string of the molecule is c1ccc(-c2ccc(N(c3ccccc3-c3ccccc3-n3c4ccccc4c4ccccc43)c3cccc4c3oc3ccccc34)cc2)cc1. The van der Waals surface area contributed by atoms with Gasteiger partial charge in [-0.2, -0.15) is 0 Å². The van der Waals surface area contributed by atoms with Gasteiger partial charge in [0.1, 0.15) is 5.58 Å². The van der Waals surface area contributed by atoms with Crippen molar-refractivity contribution in [3.63, 3.8) is 0 Å². The van der Waals surface area contributed by atoms with E-state index < -0.39 is 0 Å². The second-order valence-corrected chi connectivity index (χ2v) is 12.9. The van der Waals surface area contributed by atoms with Crippen LogP contribution in [0, 0.1) is 0 Å². The smallest absolute Gasteiger partial charge is 0.159 e. The summed E-state index contributed by atoms with van der Waals surface area (Å²) >= 11 is 0. The summed E-state index contributed by atoms with van der Waals surface area (Å²) in [4.78, 5) is 2.36. The van der Waals surface area contributed by atoms with Crippen LogP contribution in [-0.2, 0) is 0 Å². The van der Waals surface area contributed by atoms with Gasteiger partial charge in [0.15, 0.2) is 5.58 Å². The Morgan fingerprint density at radius 3 is 1.69 bits per heavy atom. The van der Waals surface area contributed by atoms with Crippen molar-refractivity contribution >= 4 is 60.8 Å². The van der Waals surface area contributed by atoms with Crippen LogP contribution in [0.25, 0.3) is 71.7 Å². The average molecular weight is 653 g/mol. The third-order valence-corrected chi connectivity index (χ3v) is 10.0. The van der Waals surface area contributed by atoms with Crippen LogP contribution in [0.3, 0.4) is 0 Å². The van der Waals surface area contributed by atoms with Crippen molar-refractivity contribution in [2.24, 2.45) is 0 Å². The van der Waals surface area contributed by atoms with Gasteiger partial charge in [-0.05, 0) is 59.7 Å². The van der Waals surface area contributed by atoms with Gasteiger partial charge in [0.2, 0.25) is 0 Å². The lowest BCUT2D eigenvalue weighted by Crippen LogP contribution is -2.12. The minimum absolute atomic E-state index is 0.858. The predicted molar refractivity (Wildman–Crippen MR) is 214 cm³/mol. The molecule has 0 saturated carbocycles. The molecule has 0 aliphatic carbocycles. The lowest BCUT2D eigenvalue weighted by molar-refractivity contribution is 0.669. The fourth-order valence-corrected chi connectivity index (χ4v) is 7.72. The van der Waals surface area contributed by atoms with E-state index in [1.54, 1.807) is 0 Å². The number of para-hydroxylation sites is 6. The summed E-state index contributed by atoms with van der Waals surface area (Å²) in [6.45, 7) is 0. The van der Waals surface area contributed by atoms with Crippen LogP contribution in [0.1, 0.15) is 0 Å². The minimum Gasteiger partial charge on any atom is -0.454 e. The van der Waals surface area contributed by atoms with Crippen LogP contribution in [0.4, 0.5) is 17.1 Å². The van der Waals surface area contributed by atoms with Gasteiger partial charge in [0, 0.05) is 38.4 Å². The number of aromatic nitrogens is 1. The molecule has 0 aliphatic rings. The maximum atomic E-state index is 6.68. The molecular formula is C48H32N2O.